The number of nitrogens with zero attached hydrogens (tertiary/aromatic N) is 1. The van der Waals surface area contributed by atoms with Crippen molar-refractivity contribution in [3.8, 4) is 0 Å². The second-order valence-electron chi connectivity index (χ2n) is 6.48. The molecule has 1 aliphatic heterocycles. The van der Waals surface area contributed by atoms with Crippen LogP contribution in [-0.4, -0.2) is 7.05 Å². The van der Waals surface area contributed by atoms with Crippen molar-refractivity contribution >= 4 is 11.4 Å². The predicted molar refractivity (Wildman–Crippen MR) is 108 cm³/mol. The van der Waals surface area contributed by atoms with Gasteiger partial charge in [-0.25, -0.2) is 0 Å². The predicted octanol–water partition coefficient (Wildman–Crippen LogP) is 4.51. The molecule has 26 heavy (non-hydrogen) atoms. The summed E-state index contributed by atoms with van der Waals surface area (Å²) in [6, 6.07) is 29.9. The zero-order chi connectivity index (χ0) is 17.8. The van der Waals surface area contributed by atoms with E-state index in [0.717, 1.165) is 17.9 Å². The van der Waals surface area contributed by atoms with Gasteiger partial charge in [0.05, 0.1) is 17.4 Å². The Balaban J connectivity index is 1.68. The molecule has 1 atom stereocenters. The lowest BCUT2D eigenvalue weighted by molar-refractivity contribution is 0.723. The van der Waals surface area contributed by atoms with Gasteiger partial charge in [-0.1, -0.05) is 72.8 Å². The molecule has 0 saturated carbocycles. The van der Waals surface area contributed by atoms with Crippen LogP contribution in [0.1, 0.15) is 22.7 Å². The summed E-state index contributed by atoms with van der Waals surface area (Å²) in [6.07, 6.45) is 2.30. The van der Waals surface area contributed by atoms with Gasteiger partial charge in [0.1, 0.15) is 0 Å². The zero-order valence-corrected chi connectivity index (χ0v) is 14.9. The van der Waals surface area contributed by atoms with E-state index >= 15 is 0 Å². The highest BCUT2D eigenvalue weighted by Crippen LogP contribution is 2.34. The lowest BCUT2D eigenvalue weighted by Gasteiger charge is -2.28. The first-order valence-corrected chi connectivity index (χ1v) is 8.97. The van der Waals surface area contributed by atoms with Crippen molar-refractivity contribution in [2.75, 3.05) is 12.1 Å². The lowest BCUT2D eigenvalue weighted by Crippen LogP contribution is -2.33. The highest BCUT2D eigenvalue weighted by molar-refractivity contribution is 5.72. The van der Waals surface area contributed by atoms with Crippen LogP contribution in [0, 0.1) is 0 Å². The molecule has 3 nitrogen and oxygen atoms in total. The standard InChI is InChI=1S/C23H23N3/c1-24-17-18-12-14-21(15-13-18)26-23(20-10-6-3-7-11-20)16-22(25-26)19-8-4-2-5-9-19/h2-16,23-25H,17H2,1H3. The average Bonchev–Trinajstić information content (AvgIpc) is 3.16. The highest BCUT2D eigenvalue weighted by atomic mass is 15.5. The van der Waals surface area contributed by atoms with Crippen LogP contribution >= 0.6 is 0 Å². The Hall–Kier alpha value is -3.04. The van der Waals surface area contributed by atoms with Gasteiger partial charge in [0, 0.05) is 6.54 Å². The van der Waals surface area contributed by atoms with Gasteiger partial charge in [-0.15, -0.1) is 0 Å². The molecule has 4 rings (SSSR count). The third-order valence-corrected chi connectivity index (χ3v) is 4.66. The smallest absolute Gasteiger partial charge is 0.0958 e. The maximum Gasteiger partial charge on any atom is 0.0958 e. The molecular formula is C23H23N3. The van der Waals surface area contributed by atoms with E-state index in [1.165, 1.54) is 16.7 Å². The molecule has 3 aromatic rings. The molecule has 130 valence electrons. The van der Waals surface area contributed by atoms with Crippen LogP contribution in [-0.2, 0) is 6.54 Å². The van der Waals surface area contributed by atoms with Crippen LogP contribution in [0.2, 0.25) is 0 Å². The van der Waals surface area contributed by atoms with Gasteiger partial charge in [0.2, 0.25) is 0 Å². The molecule has 0 spiro atoms. The van der Waals surface area contributed by atoms with Gasteiger partial charge < -0.3 is 5.32 Å². The van der Waals surface area contributed by atoms with Crippen LogP contribution in [0.15, 0.2) is 91.0 Å². The summed E-state index contributed by atoms with van der Waals surface area (Å²) >= 11 is 0. The summed E-state index contributed by atoms with van der Waals surface area (Å²) in [5, 5.41) is 5.43. The van der Waals surface area contributed by atoms with E-state index in [0.29, 0.717) is 0 Å². The fraction of sp³-hybridized carbons (Fsp3) is 0.130. The van der Waals surface area contributed by atoms with E-state index in [9.17, 15) is 0 Å². The summed E-state index contributed by atoms with van der Waals surface area (Å²) in [4.78, 5) is 0. The summed E-state index contributed by atoms with van der Waals surface area (Å²) in [5.41, 5.74) is 9.64. The molecule has 0 aliphatic carbocycles. The van der Waals surface area contributed by atoms with Crippen LogP contribution < -0.4 is 15.8 Å². The van der Waals surface area contributed by atoms with Crippen molar-refractivity contribution in [2.45, 2.75) is 12.6 Å². The summed E-state index contributed by atoms with van der Waals surface area (Å²) in [7, 11) is 1.97. The van der Waals surface area contributed by atoms with Crippen molar-refractivity contribution in [1.82, 2.24) is 10.7 Å². The van der Waals surface area contributed by atoms with Gasteiger partial charge in [-0.2, -0.15) is 0 Å². The topological polar surface area (TPSA) is 27.3 Å². The first-order chi connectivity index (χ1) is 12.8. The third-order valence-electron chi connectivity index (χ3n) is 4.66. The average molecular weight is 341 g/mol. The SMILES string of the molecule is CNCc1ccc(N2NC(c3ccccc3)=CC2c2ccccc2)cc1. The summed E-state index contributed by atoms with van der Waals surface area (Å²) in [5.74, 6) is 0. The van der Waals surface area contributed by atoms with Crippen molar-refractivity contribution in [2.24, 2.45) is 0 Å². The molecule has 3 aromatic carbocycles. The molecule has 3 heteroatoms. The molecule has 0 aromatic heterocycles. The molecule has 0 saturated heterocycles. The molecular weight excluding hydrogens is 318 g/mol. The maximum absolute atomic E-state index is 3.60. The summed E-state index contributed by atoms with van der Waals surface area (Å²) in [6.45, 7) is 0.878. The lowest BCUT2D eigenvalue weighted by atomic mass is 10.0. The van der Waals surface area contributed by atoms with Crippen molar-refractivity contribution in [1.29, 1.82) is 0 Å². The molecule has 0 radical (unpaired) electrons. The van der Waals surface area contributed by atoms with Crippen molar-refractivity contribution < 1.29 is 0 Å². The van der Waals surface area contributed by atoms with E-state index in [4.69, 9.17) is 0 Å². The molecule has 1 unspecified atom stereocenters. The normalized spacial score (nSPS) is 16.3. The Morgan fingerprint density at radius 2 is 1.50 bits per heavy atom. The quantitative estimate of drug-likeness (QED) is 0.715. The Morgan fingerprint density at radius 1 is 0.846 bits per heavy atom. The van der Waals surface area contributed by atoms with Gasteiger partial charge in [-0.05, 0) is 41.9 Å². The first-order valence-electron chi connectivity index (χ1n) is 8.97. The zero-order valence-electron chi connectivity index (χ0n) is 14.9. The Bertz CT molecular complexity index is 870. The monoisotopic (exact) mass is 341 g/mol. The van der Waals surface area contributed by atoms with Gasteiger partial charge in [0.15, 0.2) is 0 Å². The van der Waals surface area contributed by atoms with E-state index in [-0.39, 0.29) is 6.04 Å². The van der Waals surface area contributed by atoms with Crippen molar-refractivity contribution in [3.63, 3.8) is 0 Å². The summed E-state index contributed by atoms with van der Waals surface area (Å²) < 4.78 is 0. The van der Waals surface area contributed by atoms with E-state index in [1.807, 2.05) is 13.1 Å². The number of hydrazine groups is 1. The Kier molecular flexibility index (Phi) is 4.71. The van der Waals surface area contributed by atoms with Crippen molar-refractivity contribution in [3.05, 3.63) is 108 Å². The number of hydrogen-bond acceptors (Lipinski definition) is 3. The maximum atomic E-state index is 3.60. The van der Waals surface area contributed by atoms with E-state index < -0.39 is 0 Å². The van der Waals surface area contributed by atoms with Gasteiger partial charge >= 0.3 is 0 Å². The molecule has 2 N–H and O–H groups in total. The highest BCUT2D eigenvalue weighted by Gasteiger charge is 2.26. The van der Waals surface area contributed by atoms with Gasteiger partial charge in [-0.3, -0.25) is 10.4 Å². The number of anilines is 1. The van der Waals surface area contributed by atoms with Gasteiger partial charge in [0.25, 0.3) is 0 Å². The fourth-order valence-corrected chi connectivity index (χ4v) is 3.35. The van der Waals surface area contributed by atoms with Crippen LogP contribution in [0.3, 0.4) is 0 Å². The molecule has 0 fully saturated rings. The Morgan fingerprint density at radius 3 is 2.15 bits per heavy atom. The molecule has 1 heterocycles. The third kappa shape index (κ3) is 3.35. The largest absolute Gasteiger partial charge is 0.316 e. The first kappa shape index (κ1) is 16.4. The minimum atomic E-state index is 0.154. The van der Waals surface area contributed by atoms with E-state index in [2.05, 4.69) is 101 Å². The Labute approximate surface area is 155 Å². The second-order valence-corrected chi connectivity index (χ2v) is 6.48. The number of benzene rings is 3. The second kappa shape index (κ2) is 7.46. The van der Waals surface area contributed by atoms with E-state index in [1.54, 1.807) is 0 Å². The molecule has 0 bridgehead atoms. The number of hydrogen-bond donors (Lipinski definition) is 2. The van der Waals surface area contributed by atoms with Crippen LogP contribution in [0.25, 0.3) is 5.70 Å². The number of nitrogens with one attached hydrogen (secondary N) is 2. The molecule has 0 amide bonds. The minimum Gasteiger partial charge on any atom is -0.316 e. The van der Waals surface area contributed by atoms with Crippen LogP contribution in [0.5, 0.6) is 0 Å². The van der Waals surface area contributed by atoms with Crippen LogP contribution in [0.4, 0.5) is 5.69 Å². The fourth-order valence-electron chi connectivity index (χ4n) is 3.35. The minimum absolute atomic E-state index is 0.154. The number of rotatable bonds is 5. The molecule has 1 aliphatic rings.